The highest BCUT2D eigenvalue weighted by Crippen LogP contribution is 2.42. The van der Waals surface area contributed by atoms with Crippen LogP contribution >= 0.6 is 23.1 Å². The number of hydrogen-bond acceptors (Lipinski definition) is 5. The Hall–Kier alpha value is -0.770. The molecule has 1 aromatic rings. The summed E-state index contributed by atoms with van der Waals surface area (Å²) in [6.07, 6.45) is 6.62. The summed E-state index contributed by atoms with van der Waals surface area (Å²) in [5.74, 6) is 2.01. The molecule has 3 rings (SSSR count). The maximum atomic E-state index is 12.1. The number of nitrogens with one attached hydrogen (secondary N) is 2. The standard InChI is InChI=1S/C17H28N4O2S3/c1-18-16(19-9-10-20-26(22,23)15-6-5-12-24-15)21-11-13-25-17(14-21)7-3-2-4-8-17/h5-6,12,20H,2-4,7-11,13-14H2,1H3,(H,18,19). The van der Waals surface area contributed by atoms with E-state index in [9.17, 15) is 8.42 Å². The minimum Gasteiger partial charge on any atom is -0.355 e. The number of aliphatic imine (C=N–C) groups is 1. The molecular formula is C17H28N4O2S3. The maximum Gasteiger partial charge on any atom is 0.250 e. The van der Waals surface area contributed by atoms with E-state index < -0.39 is 10.0 Å². The Bertz CT molecular complexity index is 692. The van der Waals surface area contributed by atoms with Gasteiger partial charge in [-0.3, -0.25) is 4.99 Å². The number of hydrogen-bond donors (Lipinski definition) is 2. The van der Waals surface area contributed by atoms with E-state index in [1.807, 2.05) is 0 Å². The average molecular weight is 417 g/mol. The molecule has 1 saturated heterocycles. The molecule has 26 heavy (non-hydrogen) atoms. The van der Waals surface area contributed by atoms with Gasteiger partial charge in [0.15, 0.2) is 5.96 Å². The molecule has 1 aliphatic heterocycles. The SMILES string of the molecule is CN=C(NCCNS(=O)(=O)c1cccs1)N1CCSC2(CCCCC2)C1. The monoisotopic (exact) mass is 416 g/mol. The predicted molar refractivity (Wildman–Crippen MR) is 111 cm³/mol. The maximum absolute atomic E-state index is 12.1. The van der Waals surface area contributed by atoms with Gasteiger partial charge in [0.05, 0.1) is 0 Å². The first-order valence-corrected chi connectivity index (χ1v) is 12.5. The number of thiophene rings is 1. The van der Waals surface area contributed by atoms with Crippen molar-refractivity contribution in [3.8, 4) is 0 Å². The van der Waals surface area contributed by atoms with E-state index in [0.717, 1.165) is 24.8 Å². The van der Waals surface area contributed by atoms with Crippen molar-refractivity contribution in [2.45, 2.75) is 41.1 Å². The molecule has 9 heteroatoms. The number of guanidine groups is 1. The molecule has 0 radical (unpaired) electrons. The molecule has 1 spiro atoms. The topological polar surface area (TPSA) is 73.8 Å². The fraction of sp³-hybridized carbons (Fsp3) is 0.706. The first kappa shape index (κ1) is 20.0. The van der Waals surface area contributed by atoms with Crippen LogP contribution in [0.5, 0.6) is 0 Å². The van der Waals surface area contributed by atoms with Crippen LogP contribution in [0.3, 0.4) is 0 Å². The van der Waals surface area contributed by atoms with Crippen molar-refractivity contribution in [3.05, 3.63) is 17.5 Å². The summed E-state index contributed by atoms with van der Waals surface area (Å²) in [6, 6.07) is 3.36. The van der Waals surface area contributed by atoms with Gasteiger partial charge in [0.25, 0.3) is 0 Å². The lowest BCUT2D eigenvalue weighted by Crippen LogP contribution is -2.54. The lowest BCUT2D eigenvalue weighted by Gasteiger charge is -2.45. The molecule has 146 valence electrons. The van der Waals surface area contributed by atoms with Crippen LogP contribution in [0.2, 0.25) is 0 Å². The van der Waals surface area contributed by atoms with Crippen molar-refractivity contribution in [1.82, 2.24) is 14.9 Å². The van der Waals surface area contributed by atoms with Crippen LogP contribution in [0, 0.1) is 0 Å². The Morgan fingerprint density at radius 2 is 2.12 bits per heavy atom. The molecule has 0 unspecified atom stereocenters. The second-order valence-corrected chi connectivity index (χ2v) is 11.3. The summed E-state index contributed by atoms with van der Waals surface area (Å²) in [5.41, 5.74) is 0. The highest BCUT2D eigenvalue weighted by Gasteiger charge is 2.38. The molecule has 2 N–H and O–H groups in total. The second-order valence-electron chi connectivity index (χ2n) is 6.82. The molecule has 2 fully saturated rings. The van der Waals surface area contributed by atoms with E-state index in [2.05, 4.69) is 31.7 Å². The van der Waals surface area contributed by atoms with Crippen molar-refractivity contribution in [2.75, 3.05) is 39.0 Å². The van der Waals surface area contributed by atoms with Crippen LogP contribution in [0.15, 0.2) is 26.7 Å². The minimum absolute atomic E-state index is 0.340. The van der Waals surface area contributed by atoms with E-state index >= 15 is 0 Å². The van der Waals surface area contributed by atoms with Gasteiger partial charge in [-0.1, -0.05) is 25.3 Å². The van der Waals surface area contributed by atoms with Gasteiger partial charge in [-0.2, -0.15) is 11.8 Å². The largest absolute Gasteiger partial charge is 0.355 e. The third-order valence-electron chi connectivity index (χ3n) is 4.98. The van der Waals surface area contributed by atoms with Crippen LogP contribution in [0.1, 0.15) is 32.1 Å². The molecule has 6 nitrogen and oxygen atoms in total. The van der Waals surface area contributed by atoms with E-state index in [1.54, 1.807) is 24.6 Å². The molecule has 0 amide bonds. The van der Waals surface area contributed by atoms with Crippen LogP contribution in [-0.2, 0) is 10.0 Å². The fourth-order valence-corrected chi connectivity index (χ4v) is 7.34. The minimum atomic E-state index is -3.40. The third kappa shape index (κ3) is 4.94. The van der Waals surface area contributed by atoms with Gasteiger partial charge >= 0.3 is 0 Å². The molecule has 0 atom stereocenters. The van der Waals surface area contributed by atoms with E-state index in [4.69, 9.17) is 0 Å². The normalized spacial score (nSPS) is 21.1. The van der Waals surface area contributed by atoms with Crippen molar-refractivity contribution in [3.63, 3.8) is 0 Å². The third-order valence-corrected chi connectivity index (χ3v) is 9.38. The molecule has 1 aromatic heterocycles. The Balaban J connectivity index is 1.49. The Morgan fingerprint density at radius 3 is 2.81 bits per heavy atom. The van der Waals surface area contributed by atoms with E-state index in [0.29, 0.717) is 22.0 Å². The summed E-state index contributed by atoms with van der Waals surface area (Å²) >= 11 is 3.36. The summed E-state index contributed by atoms with van der Waals surface area (Å²) in [7, 11) is -1.60. The molecule has 1 saturated carbocycles. The average Bonchev–Trinajstić information content (AvgIpc) is 3.18. The molecule has 2 aliphatic rings. The predicted octanol–water partition coefficient (Wildman–Crippen LogP) is 2.35. The van der Waals surface area contributed by atoms with Crippen LogP contribution in [0.25, 0.3) is 0 Å². The molecule has 0 bridgehead atoms. The van der Waals surface area contributed by atoms with Gasteiger partial charge in [0, 0.05) is 43.7 Å². The summed E-state index contributed by atoms with van der Waals surface area (Å²) in [6.45, 7) is 2.90. The van der Waals surface area contributed by atoms with Crippen LogP contribution in [-0.4, -0.2) is 63.0 Å². The lowest BCUT2D eigenvalue weighted by molar-refractivity contribution is 0.293. The van der Waals surface area contributed by atoms with Crippen molar-refractivity contribution < 1.29 is 8.42 Å². The summed E-state index contributed by atoms with van der Waals surface area (Å²) in [4.78, 5) is 6.76. The van der Waals surface area contributed by atoms with Crippen LogP contribution in [0.4, 0.5) is 0 Å². The highest BCUT2D eigenvalue weighted by molar-refractivity contribution is 8.00. The lowest BCUT2D eigenvalue weighted by atomic mass is 9.87. The van der Waals surface area contributed by atoms with Gasteiger partial charge < -0.3 is 10.2 Å². The quantitative estimate of drug-likeness (QED) is 0.438. The zero-order valence-electron chi connectivity index (χ0n) is 15.2. The Labute approximate surface area is 164 Å². The molecule has 2 heterocycles. The first-order valence-electron chi connectivity index (χ1n) is 9.17. The summed E-state index contributed by atoms with van der Waals surface area (Å²) < 4.78 is 27.7. The second kappa shape index (κ2) is 8.95. The smallest absolute Gasteiger partial charge is 0.250 e. The molecule has 1 aliphatic carbocycles. The molecular weight excluding hydrogens is 388 g/mol. The van der Waals surface area contributed by atoms with Gasteiger partial charge in [0.1, 0.15) is 4.21 Å². The van der Waals surface area contributed by atoms with Gasteiger partial charge in [-0.05, 0) is 24.3 Å². The van der Waals surface area contributed by atoms with Gasteiger partial charge in [-0.25, -0.2) is 13.1 Å². The summed E-state index contributed by atoms with van der Waals surface area (Å²) in [5, 5.41) is 5.09. The highest BCUT2D eigenvalue weighted by atomic mass is 32.2. The zero-order valence-corrected chi connectivity index (χ0v) is 17.7. The zero-order chi connectivity index (χ0) is 18.5. The number of nitrogens with zero attached hydrogens (tertiary/aromatic N) is 2. The van der Waals surface area contributed by atoms with Crippen LogP contribution < -0.4 is 10.0 Å². The Kier molecular flexibility index (Phi) is 6.87. The molecule has 0 aromatic carbocycles. The fourth-order valence-electron chi connectivity index (χ4n) is 3.70. The van der Waals surface area contributed by atoms with Gasteiger partial charge in [-0.15, -0.1) is 11.3 Å². The number of thioether (sulfide) groups is 1. The van der Waals surface area contributed by atoms with Gasteiger partial charge in [0.2, 0.25) is 10.0 Å². The van der Waals surface area contributed by atoms with Crippen molar-refractivity contribution in [1.29, 1.82) is 0 Å². The van der Waals surface area contributed by atoms with Crippen molar-refractivity contribution >= 4 is 39.1 Å². The number of sulfonamides is 1. The first-order chi connectivity index (χ1) is 12.5. The van der Waals surface area contributed by atoms with E-state index in [1.165, 1.54) is 43.4 Å². The number of rotatable bonds is 5. The van der Waals surface area contributed by atoms with Crippen molar-refractivity contribution in [2.24, 2.45) is 4.99 Å². The Morgan fingerprint density at radius 1 is 1.31 bits per heavy atom. The van der Waals surface area contributed by atoms with E-state index in [-0.39, 0.29) is 0 Å².